The van der Waals surface area contributed by atoms with E-state index >= 15 is 0 Å². The van der Waals surface area contributed by atoms with Crippen molar-refractivity contribution in [3.05, 3.63) is 83.2 Å². The zero-order valence-corrected chi connectivity index (χ0v) is 24.3. The normalized spacial score (nSPS) is 14.1. The molecule has 220 valence electrons. The average Bonchev–Trinajstić information content (AvgIpc) is 3.45. The Balaban J connectivity index is 1.46. The Morgan fingerprint density at radius 1 is 0.977 bits per heavy atom. The number of esters is 1. The Bertz CT molecular complexity index is 1690. The van der Waals surface area contributed by atoms with Crippen LogP contribution in [0.2, 0.25) is 0 Å². The number of carbonyl (C=O) groups excluding carboxylic acids is 1. The number of rotatable bonds is 4. The molecule has 43 heavy (non-hydrogen) atoms. The van der Waals surface area contributed by atoms with Crippen LogP contribution in [0.5, 0.6) is 11.5 Å². The van der Waals surface area contributed by atoms with Crippen LogP contribution in [0.4, 0.5) is 11.4 Å². The number of ether oxygens (including phenoxy) is 4. The van der Waals surface area contributed by atoms with Crippen LogP contribution in [0.3, 0.4) is 0 Å². The molecule has 10 heteroatoms. The molecule has 5 rings (SSSR count). The van der Waals surface area contributed by atoms with E-state index in [1.165, 1.54) is 7.11 Å². The fourth-order valence-corrected chi connectivity index (χ4v) is 5.06. The number of nitriles is 1. The number of nitrogens with zero attached hydrogens (tertiary/aromatic N) is 4. The molecule has 0 bridgehead atoms. The quantitative estimate of drug-likeness (QED) is 0.194. The molecule has 1 aliphatic heterocycles. The molecule has 1 aromatic heterocycles. The van der Waals surface area contributed by atoms with Crippen molar-refractivity contribution in [2.75, 3.05) is 69.6 Å². The molecule has 0 aliphatic carbocycles. The van der Waals surface area contributed by atoms with Gasteiger partial charge >= 0.3 is 5.97 Å². The van der Waals surface area contributed by atoms with Crippen molar-refractivity contribution in [2.24, 2.45) is 0 Å². The maximum atomic E-state index is 12.0. The number of fused-ring (bicyclic) bond motifs is 3. The first-order valence-electron chi connectivity index (χ1n) is 14.0. The average molecular weight is 580 g/mol. The van der Waals surface area contributed by atoms with E-state index in [0.717, 1.165) is 39.1 Å². The number of aromatic amines is 1. The van der Waals surface area contributed by atoms with Gasteiger partial charge in [-0.15, -0.1) is 0 Å². The van der Waals surface area contributed by atoms with Gasteiger partial charge in [-0.1, -0.05) is 18.2 Å². The second-order valence-electron chi connectivity index (χ2n) is 10.1. The molecule has 0 saturated heterocycles. The highest BCUT2D eigenvalue weighted by Gasteiger charge is 2.19. The lowest BCUT2D eigenvalue weighted by Gasteiger charge is -2.24. The van der Waals surface area contributed by atoms with Gasteiger partial charge in [0.1, 0.15) is 31.3 Å². The lowest BCUT2D eigenvalue weighted by molar-refractivity contribution is 0.0601. The number of carbonyl (C=O) groups is 1. The molecule has 0 saturated carbocycles. The zero-order chi connectivity index (χ0) is 30.2. The van der Waals surface area contributed by atoms with Gasteiger partial charge in [0, 0.05) is 35.2 Å². The van der Waals surface area contributed by atoms with Crippen LogP contribution in [-0.2, 0) is 9.47 Å². The second kappa shape index (κ2) is 13.6. The van der Waals surface area contributed by atoms with Gasteiger partial charge in [0.2, 0.25) is 0 Å². The van der Waals surface area contributed by atoms with Crippen molar-refractivity contribution in [2.45, 2.75) is 6.92 Å². The Kier molecular flexibility index (Phi) is 9.30. The van der Waals surface area contributed by atoms with Gasteiger partial charge in [-0.05, 0) is 55.0 Å². The maximum absolute atomic E-state index is 12.0. The fourth-order valence-electron chi connectivity index (χ4n) is 5.06. The minimum atomic E-state index is -0.393. The van der Waals surface area contributed by atoms with E-state index in [2.05, 4.69) is 15.9 Å². The van der Waals surface area contributed by atoms with Crippen LogP contribution in [0.15, 0.2) is 60.7 Å². The summed E-state index contributed by atoms with van der Waals surface area (Å²) < 4.78 is 23.3. The smallest absolute Gasteiger partial charge is 0.337 e. The van der Waals surface area contributed by atoms with Crippen LogP contribution in [-0.4, -0.2) is 70.8 Å². The van der Waals surface area contributed by atoms with E-state index in [1.807, 2.05) is 65.3 Å². The molecule has 1 aliphatic rings. The van der Waals surface area contributed by atoms with Crippen LogP contribution >= 0.6 is 0 Å². The van der Waals surface area contributed by atoms with E-state index in [9.17, 15) is 10.1 Å². The molecule has 4 aromatic rings. The van der Waals surface area contributed by atoms with E-state index in [0.29, 0.717) is 43.4 Å². The summed E-state index contributed by atoms with van der Waals surface area (Å²) in [5.74, 6) is 0.904. The predicted octanol–water partition coefficient (Wildman–Crippen LogP) is 5.43. The topological polar surface area (TPSA) is 104 Å². The van der Waals surface area contributed by atoms with E-state index in [4.69, 9.17) is 25.5 Å². The number of methoxy groups -OCH3 is 1. The molecule has 2 heterocycles. The van der Waals surface area contributed by atoms with Crippen molar-refractivity contribution >= 4 is 28.2 Å². The first-order chi connectivity index (χ1) is 21.0. The van der Waals surface area contributed by atoms with Crippen molar-refractivity contribution < 1.29 is 23.7 Å². The lowest BCUT2D eigenvalue weighted by atomic mass is 10.1. The number of H-pyrrole nitrogens is 1. The molecule has 0 radical (unpaired) electrons. The predicted molar refractivity (Wildman–Crippen MR) is 165 cm³/mol. The van der Waals surface area contributed by atoms with Crippen LogP contribution in [0, 0.1) is 24.8 Å². The Morgan fingerprint density at radius 2 is 1.70 bits per heavy atom. The van der Waals surface area contributed by atoms with E-state index in [1.54, 1.807) is 12.1 Å². The number of hydrogen-bond acceptors (Lipinski definition) is 8. The molecule has 0 fully saturated rings. The van der Waals surface area contributed by atoms with Gasteiger partial charge in [-0.25, -0.2) is 11.4 Å². The van der Waals surface area contributed by atoms with Gasteiger partial charge in [-0.3, -0.25) is 9.74 Å². The van der Waals surface area contributed by atoms with Gasteiger partial charge in [0.15, 0.2) is 0 Å². The number of benzene rings is 3. The summed E-state index contributed by atoms with van der Waals surface area (Å²) in [5, 5.41) is 10.4. The minimum Gasteiger partial charge on any atom is -0.488 e. The highest BCUT2D eigenvalue weighted by Crippen LogP contribution is 2.35. The summed E-state index contributed by atoms with van der Waals surface area (Å²) in [6.07, 6.45) is 0. The number of aromatic nitrogens is 1. The summed E-state index contributed by atoms with van der Waals surface area (Å²) >= 11 is 0. The van der Waals surface area contributed by atoms with E-state index in [-0.39, 0.29) is 26.4 Å². The SMILES string of the molecule is [C-]#[N+]CN1CCOCCN(CC#N)c2ccc(C)cc2OCCOc2cc(-c3cc4ccc(C(=O)OC)cc4[nH]3)ccc21. The molecule has 0 spiro atoms. The van der Waals surface area contributed by atoms with Gasteiger partial charge in [0.25, 0.3) is 6.67 Å². The van der Waals surface area contributed by atoms with Gasteiger partial charge < -0.3 is 28.8 Å². The zero-order valence-electron chi connectivity index (χ0n) is 24.3. The third kappa shape index (κ3) is 6.83. The molecular formula is C33H33N5O5. The second-order valence-corrected chi connectivity index (χ2v) is 10.1. The molecule has 0 atom stereocenters. The van der Waals surface area contributed by atoms with Crippen LogP contribution in [0.25, 0.3) is 27.0 Å². The maximum Gasteiger partial charge on any atom is 0.337 e. The third-order valence-corrected chi connectivity index (χ3v) is 7.22. The number of aryl methyl sites for hydroxylation is 1. The van der Waals surface area contributed by atoms with Crippen LogP contribution < -0.4 is 19.3 Å². The molecule has 3 aromatic carbocycles. The molecule has 1 N–H and O–H groups in total. The number of hydrogen-bond donors (Lipinski definition) is 1. The molecule has 0 amide bonds. The summed E-state index contributed by atoms with van der Waals surface area (Å²) in [7, 11) is 1.36. The van der Waals surface area contributed by atoms with Crippen LogP contribution in [0.1, 0.15) is 15.9 Å². The summed E-state index contributed by atoms with van der Waals surface area (Å²) in [5.41, 5.74) is 5.69. The van der Waals surface area contributed by atoms with Gasteiger partial charge in [0.05, 0.1) is 43.3 Å². The molecule has 0 unspecified atom stereocenters. The van der Waals surface area contributed by atoms with Gasteiger partial charge in [-0.2, -0.15) is 5.26 Å². The molecular weight excluding hydrogens is 546 g/mol. The Labute approximate surface area is 250 Å². The lowest BCUT2D eigenvalue weighted by Crippen LogP contribution is -2.31. The Hall–Kier alpha value is -5.19. The summed E-state index contributed by atoms with van der Waals surface area (Å²) in [6.45, 7) is 12.3. The first kappa shape index (κ1) is 29.3. The van der Waals surface area contributed by atoms with Crippen molar-refractivity contribution in [1.82, 2.24) is 4.98 Å². The summed E-state index contributed by atoms with van der Waals surface area (Å²) in [6, 6.07) is 21.5. The Morgan fingerprint density at radius 3 is 2.44 bits per heavy atom. The van der Waals surface area contributed by atoms with E-state index < -0.39 is 5.97 Å². The number of nitrogens with one attached hydrogen (secondary N) is 1. The van der Waals surface area contributed by atoms with Crippen molar-refractivity contribution in [1.29, 1.82) is 5.26 Å². The summed E-state index contributed by atoms with van der Waals surface area (Å²) in [4.78, 5) is 22.9. The fraction of sp³-hybridized carbons (Fsp3) is 0.303. The monoisotopic (exact) mass is 579 g/mol. The highest BCUT2D eigenvalue weighted by molar-refractivity contribution is 5.96. The van der Waals surface area contributed by atoms with Crippen molar-refractivity contribution in [3.8, 4) is 28.8 Å². The third-order valence-electron chi connectivity index (χ3n) is 7.22. The number of anilines is 2. The largest absolute Gasteiger partial charge is 0.488 e. The first-order valence-corrected chi connectivity index (χ1v) is 14.0. The minimum absolute atomic E-state index is 0.142. The van der Waals surface area contributed by atoms with Crippen molar-refractivity contribution in [3.63, 3.8) is 0 Å². The highest BCUT2D eigenvalue weighted by atomic mass is 16.5. The standard InChI is InChI=1S/C33H33N5O5/c1-23-4-8-29-31(18-23)42-16-17-43-32-21-25(27-19-24-5-6-26(33(39)40-3)20-28(24)36-27)7-9-30(32)38(22-35-2)13-15-41-14-12-37(29)11-10-34/h4-9,18-21,36H,11-17,22H2,1,3H3. The molecule has 10 nitrogen and oxygen atoms in total.